The highest BCUT2D eigenvalue weighted by molar-refractivity contribution is 6.18. The molecule has 130 valence electrons. The lowest BCUT2D eigenvalue weighted by Crippen LogP contribution is -2.20. The Kier molecular flexibility index (Phi) is 7.52. The van der Waals surface area contributed by atoms with Gasteiger partial charge in [0.05, 0.1) is 18.4 Å². The van der Waals surface area contributed by atoms with E-state index >= 15 is 0 Å². The van der Waals surface area contributed by atoms with Crippen LogP contribution in [0.4, 0.5) is 0 Å². The maximum atomic E-state index is 9.52. The molecule has 8 heteroatoms. The van der Waals surface area contributed by atoms with Crippen LogP contribution in [0.2, 0.25) is 0 Å². The second-order valence-electron chi connectivity index (χ2n) is 5.09. The van der Waals surface area contributed by atoms with Crippen molar-refractivity contribution in [1.29, 1.82) is 0 Å². The van der Waals surface area contributed by atoms with Crippen molar-refractivity contribution in [2.75, 3.05) is 38.2 Å². The quantitative estimate of drug-likeness (QED) is 0.455. The summed E-state index contributed by atoms with van der Waals surface area (Å²) >= 11 is 11.1. The molecular formula is C15H20Cl2O6. The van der Waals surface area contributed by atoms with Gasteiger partial charge in [-0.3, -0.25) is 0 Å². The van der Waals surface area contributed by atoms with Gasteiger partial charge in [0.1, 0.15) is 38.1 Å². The Hall–Kier alpha value is -0.920. The monoisotopic (exact) mass is 366 g/mol. The predicted octanol–water partition coefficient (Wildman–Crippen LogP) is 1.42. The highest BCUT2D eigenvalue weighted by Gasteiger charge is 2.25. The lowest BCUT2D eigenvalue weighted by Gasteiger charge is -2.18. The lowest BCUT2D eigenvalue weighted by molar-refractivity contribution is 0.114. The van der Waals surface area contributed by atoms with Crippen molar-refractivity contribution in [1.82, 2.24) is 0 Å². The Morgan fingerprint density at radius 1 is 1.04 bits per heavy atom. The van der Waals surface area contributed by atoms with Gasteiger partial charge in [-0.2, -0.15) is 0 Å². The zero-order valence-electron chi connectivity index (χ0n) is 12.5. The first-order chi connectivity index (χ1) is 11.1. The Labute approximate surface area is 144 Å². The van der Waals surface area contributed by atoms with Crippen LogP contribution in [0.1, 0.15) is 0 Å². The molecule has 0 radical (unpaired) electrons. The summed E-state index contributed by atoms with van der Waals surface area (Å²) in [6.07, 6.45) is -1.49. The second-order valence-corrected chi connectivity index (χ2v) is 5.71. The molecule has 23 heavy (non-hydrogen) atoms. The van der Waals surface area contributed by atoms with Crippen molar-refractivity contribution in [3.05, 3.63) is 18.2 Å². The largest absolute Gasteiger partial charge is 0.487 e. The average Bonchev–Trinajstić information content (AvgIpc) is 3.40. The summed E-state index contributed by atoms with van der Waals surface area (Å²) in [7, 11) is 0. The zero-order chi connectivity index (χ0) is 16.7. The van der Waals surface area contributed by atoms with Gasteiger partial charge in [-0.1, -0.05) is 6.07 Å². The number of ether oxygens (including phenoxy) is 4. The molecule has 6 nitrogen and oxygen atoms in total. The molecule has 1 aromatic rings. The summed E-state index contributed by atoms with van der Waals surface area (Å²) in [6.45, 7) is 1.10. The van der Waals surface area contributed by atoms with Gasteiger partial charge >= 0.3 is 0 Å². The first-order valence-electron chi connectivity index (χ1n) is 7.25. The van der Waals surface area contributed by atoms with Gasteiger partial charge in [0.15, 0.2) is 11.5 Å². The number of aliphatic hydroxyl groups is 2. The van der Waals surface area contributed by atoms with Crippen molar-refractivity contribution < 1.29 is 29.2 Å². The fraction of sp³-hybridized carbons (Fsp3) is 0.600. The molecule has 2 rings (SSSR count). The number of hydrogen-bond acceptors (Lipinski definition) is 6. The number of alkyl halides is 2. The van der Waals surface area contributed by atoms with Gasteiger partial charge in [-0.05, 0) is 12.1 Å². The summed E-state index contributed by atoms with van der Waals surface area (Å²) in [6, 6.07) is 5.13. The number of para-hydroxylation sites is 1. The van der Waals surface area contributed by atoms with E-state index in [0.29, 0.717) is 30.5 Å². The van der Waals surface area contributed by atoms with Crippen molar-refractivity contribution in [2.24, 2.45) is 0 Å². The van der Waals surface area contributed by atoms with Gasteiger partial charge < -0.3 is 29.2 Å². The topological polar surface area (TPSA) is 80.7 Å². The van der Waals surface area contributed by atoms with Gasteiger partial charge in [0, 0.05) is 0 Å². The average molecular weight is 367 g/mol. The Morgan fingerprint density at radius 3 is 2.00 bits per heavy atom. The summed E-state index contributed by atoms with van der Waals surface area (Å²) in [5, 5.41) is 19.0. The van der Waals surface area contributed by atoms with E-state index in [1.165, 1.54) is 0 Å². The van der Waals surface area contributed by atoms with Crippen LogP contribution in [0, 0.1) is 0 Å². The number of epoxide rings is 1. The fourth-order valence-corrected chi connectivity index (χ4v) is 1.85. The van der Waals surface area contributed by atoms with Crippen LogP contribution in [0.5, 0.6) is 17.2 Å². The van der Waals surface area contributed by atoms with Crippen LogP contribution in [0.25, 0.3) is 0 Å². The molecular weight excluding hydrogens is 347 g/mol. The summed E-state index contributed by atoms with van der Waals surface area (Å²) < 4.78 is 21.9. The third kappa shape index (κ3) is 6.24. The van der Waals surface area contributed by atoms with E-state index in [2.05, 4.69) is 0 Å². The number of hydrogen-bond donors (Lipinski definition) is 2. The third-order valence-corrected chi connectivity index (χ3v) is 3.69. The molecule has 0 bridgehead atoms. The highest BCUT2D eigenvalue weighted by atomic mass is 35.5. The number of benzene rings is 1. The minimum atomic E-state index is -0.779. The molecule has 0 aromatic heterocycles. The van der Waals surface area contributed by atoms with Crippen molar-refractivity contribution in [2.45, 2.75) is 18.3 Å². The molecule has 0 spiro atoms. The fourth-order valence-electron chi connectivity index (χ4n) is 1.67. The minimum absolute atomic E-state index is 0.0353. The van der Waals surface area contributed by atoms with Crippen molar-refractivity contribution in [3.63, 3.8) is 0 Å². The van der Waals surface area contributed by atoms with Gasteiger partial charge in [-0.15, -0.1) is 23.2 Å². The Balaban J connectivity index is 2.07. The molecule has 1 aliphatic heterocycles. The summed E-state index contributed by atoms with van der Waals surface area (Å²) in [5.74, 6) is 1.39. The maximum Gasteiger partial charge on any atom is 0.203 e. The van der Waals surface area contributed by atoms with Crippen LogP contribution in [0.3, 0.4) is 0 Å². The second kappa shape index (κ2) is 9.39. The van der Waals surface area contributed by atoms with Crippen LogP contribution in [-0.2, 0) is 4.74 Å². The van der Waals surface area contributed by atoms with Gasteiger partial charge in [-0.25, -0.2) is 0 Å². The summed E-state index contributed by atoms with van der Waals surface area (Å²) in [4.78, 5) is 0. The lowest BCUT2D eigenvalue weighted by atomic mass is 10.3. The van der Waals surface area contributed by atoms with E-state index in [1.807, 2.05) is 0 Å². The van der Waals surface area contributed by atoms with Crippen molar-refractivity contribution >= 4 is 23.2 Å². The Bertz CT molecular complexity index is 451. The maximum absolute atomic E-state index is 9.52. The van der Waals surface area contributed by atoms with E-state index in [4.69, 9.17) is 42.1 Å². The molecule has 0 aliphatic carbocycles. The molecule has 1 heterocycles. The molecule has 3 atom stereocenters. The van der Waals surface area contributed by atoms with E-state index in [-0.39, 0.29) is 31.1 Å². The number of aliphatic hydroxyl groups excluding tert-OH is 2. The third-order valence-electron chi connectivity index (χ3n) is 2.98. The molecule has 1 aliphatic rings. The molecule has 2 N–H and O–H groups in total. The molecule has 0 saturated carbocycles. The van der Waals surface area contributed by atoms with Crippen LogP contribution in [0.15, 0.2) is 18.2 Å². The van der Waals surface area contributed by atoms with Crippen molar-refractivity contribution in [3.8, 4) is 17.2 Å². The van der Waals surface area contributed by atoms with E-state index in [9.17, 15) is 10.2 Å². The van der Waals surface area contributed by atoms with Crippen LogP contribution >= 0.6 is 23.2 Å². The first kappa shape index (κ1) is 18.4. The molecule has 1 fully saturated rings. The van der Waals surface area contributed by atoms with E-state index in [0.717, 1.165) is 0 Å². The summed E-state index contributed by atoms with van der Waals surface area (Å²) in [5.41, 5.74) is 0. The normalized spacial score (nSPS) is 19.0. The zero-order valence-corrected chi connectivity index (χ0v) is 14.0. The highest BCUT2D eigenvalue weighted by Crippen LogP contribution is 2.38. The standard InChI is InChI=1S/C15H20Cl2O6/c16-4-10(18)6-21-13-2-1-3-14(22-7-11(19)5-17)15(13)23-9-12-8-20-12/h1-3,10-12,18-19H,4-9H2. The van der Waals surface area contributed by atoms with E-state index < -0.39 is 12.2 Å². The minimum Gasteiger partial charge on any atom is -0.487 e. The van der Waals surface area contributed by atoms with E-state index in [1.54, 1.807) is 18.2 Å². The smallest absolute Gasteiger partial charge is 0.203 e. The van der Waals surface area contributed by atoms with Gasteiger partial charge in [0.2, 0.25) is 5.75 Å². The molecule has 3 unspecified atom stereocenters. The SMILES string of the molecule is OC(CCl)COc1cccc(OCC(O)CCl)c1OCC1CO1. The predicted molar refractivity (Wildman–Crippen MR) is 86.1 cm³/mol. The van der Waals surface area contributed by atoms with Crippen LogP contribution in [-0.4, -0.2) is 66.7 Å². The number of halogens is 2. The van der Waals surface area contributed by atoms with Gasteiger partial charge in [0.25, 0.3) is 0 Å². The molecule has 0 amide bonds. The Morgan fingerprint density at radius 2 is 1.57 bits per heavy atom. The number of rotatable bonds is 11. The molecule has 1 saturated heterocycles. The molecule has 1 aromatic carbocycles. The van der Waals surface area contributed by atoms with Crippen LogP contribution < -0.4 is 14.2 Å². The first-order valence-corrected chi connectivity index (χ1v) is 8.32.